The van der Waals surface area contributed by atoms with E-state index in [1.54, 1.807) is 0 Å². The van der Waals surface area contributed by atoms with Crippen LogP contribution in [0.2, 0.25) is 5.02 Å². The lowest BCUT2D eigenvalue weighted by Gasteiger charge is -2.23. The smallest absolute Gasteiger partial charge is 0.229 e. The van der Waals surface area contributed by atoms with Crippen molar-refractivity contribution in [1.29, 1.82) is 0 Å². The van der Waals surface area contributed by atoms with Crippen molar-refractivity contribution in [2.45, 2.75) is 33.2 Å². The summed E-state index contributed by atoms with van der Waals surface area (Å²) in [6.45, 7) is 4.76. The second kappa shape index (κ2) is 6.61. The van der Waals surface area contributed by atoms with Gasteiger partial charge in [0.2, 0.25) is 5.91 Å². The van der Waals surface area contributed by atoms with Gasteiger partial charge in [0, 0.05) is 47.1 Å². The summed E-state index contributed by atoms with van der Waals surface area (Å²) in [6.07, 6.45) is 3.37. The fraction of sp³-hybridized carbons (Fsp3) is 0.316. The van der Waals surface area contributed by atoms with E-state index in [0.717, 1.165) is 41.3 Å². The minimum absolute atomic E-state index is 0.00295. The van der Waals surface area contributed by atoms with Crippen molar-refractivity contribution in [3.8, 4) is 11.1 Å². The highest BCUT2D eigenvalue weighted by molar-refractivity contribution is 6.30. The number of carbonyl (C=O) groups is 1. The van der Waals surface area contributed by atoms with Crippen LogP contribution in [0.3, 0.4) is 0 Å². The maximum atomic E-state index is 12.8. The van der Waals surface area contributed by atoms with Gasteiger partial charge in [0.1, 0.15) is 5.82 Å². The first kappa shape index (κ1) is 16.8. The number of anilines is 1. The third-order valence-corrected chi connectivity index (χ3v) is 5.24. The Morgan fingerprint density at radius 1 is 1.31 bits per heavy atom. The minimum Gasteiger partial charge on any atom is -0.332 e. The van der Waals surface area contributed by atoms with Crippen molar-refractivity contribution in [2.75, 3.05) is 5.32 Å². The monoisotopic (exact) mass is 369 g/mol. The van der Waals surface area contributed by atoms with Gasteiger partial charge < -0.3 is 9.88 Å². The van der Waals surface area contributed by atoms with Crippen LogP contribution < -0.4 is 5.32 Å². The maximum absolute atomic E-state index is 12.8. The highest BCUT2D eigenvalue weighted by Crippen LogP contribution is 2.31. The highest BCUT2D eigenvalue weighted by Gasteiger charge is 2.27. The Kier molecular flexibility index (Phi) is 4.28. The lowest BCUT2D eigenvalue weighted by atomic mass is 9.95. The molecule has 0 bridgehead atoms. The first-order valence-electron chi connectivity index (χ1n) is 8.65. The molecule has 0 radical (unpaired) electrons. The molecular weight excluding hydrogens is 350 g/mol. The molecule has 0 fully saturated rings. The number of hydrogen-bond donors (Lipinski definition) is 2. The van der Waals surface area contributed by atoms with Gasteiger partial charge in [-0.15, -0.1) is 0 Å². The van der Waals surface area contributed by atoms with E-state index >= 15 is 0 Å². The second-order valence-electron chi connectivity index (χ2n) is 6.71. The lowest BCUT2D eigenvalue weighted by molar-refractivity contribution is -0.120. The average molecular weight is 370 g/mol. The molecule has 0 spiro atoms. The number of nitrogens with one attached hydrogen (secondary N) is 2. The number of hydrogen-bond acceptors (Lipinski definition) is 3. The number of carbonyl (C=O) groups excluding carboxylic acids is 1. The largest absolute Gasteiger partial charge is 0.332 e. The van der Waals surface area contributed by atoms with Gasteiger partial charge in [-0.25, -0.2) is 4.98 Å². The molecule has 2 N–H and O–H groups in total. The van der Waals surface area contributed by atoms with Crippen LogP contribution in [0.4, 0.5) is 5.82 Å². The van der Waals surface area contributed by atoms with Crippen LogP contribution in [0.1, 0.15) is 23.6 Å². The number of amides is 1. The van der Waals surface area contributed by atoms with E-state index in [2.05, 4.69) is 25.1 Å². The Hall–Kier alpha value is -2.60. The van der Waals surface area contributed by atoms with Crippen molar-refractivity contribution in [3.05, 3.63) is 52.7 Å². The number of imidazole rings is 1. The van der Waals surface area contributed by atoms with E-state index < -0.39 is 0 Å². The molecule has 1 amide bonds. The first-order valence-corrected chi connectivity index (χ1v) is 9.03. The molecule has 1 aliphatic rings. The number of fused-ring (bicyclic) bond motifs is 1. The summed E-state index contributed by atoms with van der Waals surface area (Å²) in [4.78, 5) is 17.2. The molecule has 0 saturated carbocycles. The molecule has 6 nitrogen and oxygen atoms in total. The van der Waals surface area contributed by atoms with Gasteiger partial charge in [-0.1, -0.05) is 23.7 Å². The quantitative estimate of drug-likeness (QED) is 0.738. The molecule has 1 unspecified atom stereocenters. The van der Waals surface area contributed by atoms with Gasteiger partial charge >= 0.3 is 0 Å². The Morgan fingerprint density at radius 3 is 2.85 bits per heavy atom. The molecule has 3 aromatic rings. The molecule has 1 aromatic carbocycles. The zero-order valence-electron chi connectivity index (χ0n) is 14.7. The van der Waals surface area contributed by atoms with E-state index in [9.17, 15) is 4.79 Å². The molecule has 0 saturated heterocycles. The van der Waals surface area contributed by atoms with Crippen molar-refractivity contribution in [3.63, 3.8) is 0 Å². The Bertz CT molecular complexity index is 957. The third-order valence-electron chi connectivity index (χ3n) is 4.99. The summed E-state index contributed by atoms with van der Waals surface area (Å²) in [5, 5.41) is 10.9. The van der Waals surface area contributed by atoms with Crippen LogP contribution >= 0.6 is 11.6 Å². The van der Waals surface area contributed by atoms with Crippen LogP contribution in [-0.2, 0) is 17.8 Å². The summed E-state index contributed by atoms with van der Waals surface area (Å²) in [7, 11) is 0. The van der Waals surface area contributed by atoms with Gasteiger partial charge in [0.25, 0.3) is 0 Å². The normalized spacial score (nSPS) is 16.3. The van der Waals surface area contributed by atoms with Gasteiger partial charge in [0.15, 0.2) is 5.82 Å². The first-order chi connectivity index (χ1) is 12.5. The van der Waals surface area contributed by atoms with E-state index in [0.29, 0.717) is 17.3 Å². The molecule has 2 aromatic heterocycles. The van der Waals surface area contributed by atoms with E-state index in [4.69, 9.17) is 11.6 Å². The topological polar surface area (TPSA) is 75.6 Å². The molecule has 7 heteroatoms. The number of nitrogens with zero attached hydrogens (tertiary/aromatic N) is 3. The van der Waals surface area contributed by atoms with Gasteiger partial charge in [-0.05, 0) is 38.0 Å². The average Bonchev–Trinajstić information content (AvgIpc) is 3.19. The fourth-order valence-corrected chi connectivity index (χ4v) is 3.68. The minimum atomic E-state index is -0.0753. The molecule has 1 atom stereocenters. The molecule has 3 heterocycles. The maximum Gasteiger partial charge on any atom is 0.229 e. The van der Waals surface area contributed by atoms with Crippen molar-refractivity contribution in [2.24, 2.45) is 5.92 Å². The summed E-state index contributed by atoms with van der Waals surface area (Å²) in [5.74, 6) is 1.49. The second-order valence-corrected chi connectivity index (χ2v) is 7.14. The number of H-pyrrole nitrogens is 1. The van der Waals surface area contributed by atoms with Gasteiger partial charge in [0.05, 0.1) is 0 Å². The Balaban J connectivity index is 1.55. The number of rotatable bonds is 3. The highest BCUT2D eigenvalue weighted by atomic mass is 35.5. The third kappa shape index (κ3) is 3.01. The summed E-state index contributed by atoms with van der Waals surface area (Å²) < 4.78 is 2.18. The summed E-state index contributed by atoms with van der Waals surface area (Å²) >= 11 is 5.98. The van der Waals surface area contributed by atoms with Crippen LogP contribution in [0.25, 0.3) is 11.1 Å². The zero-order valence-corrected chi connectivity index (χ0v) is 15.5. The molecule has 4 rings (SSSR count). The van der Waals surface area contributed by atoms with Crippen LogP contribution in [0, 0.1) is 19.8 Å². The lowest BCUT2D eigenvalue weighted by Crippen LogP contribution is -2.30. The summed E-state index contributed by atoms with van der Waals surface area (Å²) in [5.41, 5.74) is 3.88. The number of halogens is 1. The van der Waals surface area contributed by atoms with Crippen molar-refractivity contribution in [1.82, 2.24) is 19.7 Å². The molecular formula is C19H20ClN5O. The Labute approximate surface area is 156 Å². The SMILES string of the molecule is Cc1[nH]nc(NC(=O)C2CCn3c(cnc3C)C2)c1-c1ccc(Cl)cc1. The van der Waals surface area contributed by atoms with Gasteiger partial charge in [-0.3, -0.25) is 9.89 Å². The van der Waals surface area contributed by atoms with Crippen molar-refractivity contribution < 1.29 is 4.79 Å². The molecule has 0 aliphatic carbocycles. The standard InChI is InChI=1S/C19H20ClN5O/c1-11-17(13-3-5-15(20)6-4-13)18(24-23-11)22-19(26)14-7-8-25-12(2)21-10-16(25)9-14/h3-6,10,14H,7-9H2,1-2H3,(H2,22,23,24,26). The number of aromatic amines is 1. The van der Waals surface area contributed by atoms with E-state index in [-0.39, 0.29) is 11.8 Å². The Morgan fingerprint density at radius 2 is 2.08 bits per heavy atom. The summed E-state index contributed by atoms with van der Waals surface area (Å²) in [6, 6.07) is 7.52. The molecule has 1 aliphatic heterocycles. The predicted molar refractivity (Wildman–Crippen MR) is 101 cm³/mol. The predicted octanol–water partition coefficient (Wildman–Crippen LogP) is 3.74. The molecule has 26 heavy (non-hydrogen) atoms. The number of aromatic nitrogens is 4. The number of aryl methyl sites for hydroxylation is 2. The van der Waals surface area contributed by atoms with Crippen LogP contribution in [-0.4, -0.2) is 25.7 Å². The fourth-order valence-electron chi connectivity index (χ4n) is 3.55. The van der Waals surface area contributed by atoms with Gasteiger partial charge in [-0.2, -0.15) is 5.10 Å². The van der Waals surface area contributed by atoms with Crippen molar-refractivity contribution >= 4 is 23.3 Å². The van der Waals surface area contributed by atoms with Crippen LogP contribution in [0.15, 0.2) is 30.5 Å². The number of benzene rings is 1. The van der Waals surface area contributed by atoms with Crippen LogP contribution in [0.5, 0.6) is 0 Å². The zero-order chi connectivity index (χ0) is 18.3. The molecule has 134 valence electrons. The van der Waals surface area contributed by atoms with E-state index in [1.165, 1.54) is 0 Å². The van der Waals surface area contributed by atoms with E-state index in [1.807, 2.05) is 44.3 Å².